The Kier molecular flexibility index (Phi) is 4.12. The minimum absolute atomic E-state index is 0.240. The van der Waals surface area contributed by atoms with Crippen molar-refractivity contribution >= 4 is 10.2 Å². The molecule has 1 aliphatic rings. The van der Waals surface area contributed by atoms with Crippen molar-refractivity contribution < 1.29 is 12.3 Å². The van der Waals surface area contributed by atoms with Crippen LogP contribution in [0.25, 0.3) is 0 Å². The molecular formula is C8H16FNO2S. The van der Waals surface area contributed by atoms with Crippen LogP contribution in [-0.2, 0) is 10.2 Å². The van der Waals surface area contributed by atoms with Gasteiger partial charge >= 0.3 is 10.2 Å². The Morgan fingerprint density at radius 2 is 1.85 bits per heavy atom. The fraction of sp³-hybridized carbons (Fsp3) is 1.00. The van der Waals surface area contributed by atoms with Crippen LogP contribution < -0.4 is 5.32 Å². The van der Waals surface area contributed by atoms with Crippen LogP contribution in [0.2, 0.25) is 0 Å². The normalized spacial score (nSPS) is 20.4. The summed E-state index contributed by atoms with van der Waals surface area (Å²) in [6.07, 6.45) is 5.83. The van der Waals surface area contributed by atoms with Crippen molar-refractivity contribution in [2.75, 3.05) is 12.3 Å². The van der Waals surface area contributed by atoms with Crippen LogP contribution in [0.1, 0.15) is 32.1 Å². The third-order valence-electron chi connectivity index (χ3n) is 2.38. The van der Waals surface area contributed by atoms with E-state index in [1.54, 1.807) is 0 Å². The van der Waals surface area contributed by atoms with Crippen LogP contribution in [0.3, 0.4) is 0 Å². The van der Waals surface area contributed by atoms with Crippen LogP contribution in [0, 0.1) is 0 Å². The third-order valence-corrected chi connectivity index (χ3v) is 3.08. The standard InChI is InChI=1S/C8H16FNO2S/c9-13(11,12)7-6-10-8-4-2-1-3-5-8/h8,10H,1-7H2. The fourth-order valence-corrected chi connectivity index (χ4v) is 2.05. The Hall–Kier alpha value is -0.160. The van der Waals surface area contributed by atoms with E-state index >= 15 is 0 Å². The van der Waals surface area contributed by atoms with Gasteiger partial charge in [-0.2, -0.15) is 8.42 Å². The van der Waals surface area contributed by atoms with Gasteiger partial charge in [0.2, 0.25) is 0 Å². The topological polar surface area (TPSA) is 46.2 Å². The molecule has 13 heavy (non-hydrogen) atoms. The summed E-state index contributed by atoms with van der Waals surface area (Å²) in [5.41, 5.74) is 0. The highest BCUT2D eigenvalue weighted by Gasteiger charge is 2.13. The molecule has 1 aliphatic carbocycles. The van der Waals surface area contributed by atoms with Gasteiger partial charge < -0.3 is 5.32 Å². The highest BCUT2D eigenvalue weighted by atomic mass is 32.3. The van der Waals surface area contributed by atoms with Crippen molar-refractivity contribution in [3.05, 3.63) is 0 Å². The Labute approximate surface area is 78.9 Å². The van der Waals surface area contributed by atoms with Crippen molar-refractivity contribution in [2.24, 2.45) is 0 Å². The molecule has 0 aliphatic heterocycles. The van der Waals surface area contributed by atoms with Crippen molar-refractivity contribution in [1.29, 1.82) is 0 Å². The number of nitrogens with one attached hydrogen (secondary N) is 1. The predicted molar refractivity (Wildman–Crippen MR) is 49.8 cm³/mol. The molecule has 1 fully saturated rings. The SMILES string of the molecule is O=S(=O)(F)CCNC1CCCCC1. The van der Waals surface area contributed by atoms with Gasteiger partial charge in [0, 0.05) is 12.6 Å². The number of halogens is 1. The smallest absolute Gasteiger partial charge is 0.303 e. The maximum atomic E-state index is 12.1. The summed E-state index contributed by atoms with van der Waals surface area (Å²) < 4.78 is 32.4. The van der Waals surface area contributed by atoms with Crippen molar-refractivity contribution in [3.8, 4) is 0 Å². The molecule has 78 valence electrons. The molecule has 5 heteroatoms. The highest BCUT2D eigenvalue weighted by Crippen LogP contribution is 2.16. The minimum atomic E-state index is -4.29. The first-order chi connectivity index (χ1) is 6.08. The number of hydrogen-bond acceptors (Lipinski definition) is 3. The molecule has 0 aromatic carbocycles. The zero-order valence-electron chi connectivity index (χ0n) is 7.63. The molecule has 0 amide bonds. The first kappa shape index (κ1) is 10.9. The summed E-state index contributed by atoms with van der Waals surface area (Å²) in [5, 5.41) is 3.06. The molecule has 0 heterocycles. The number of rotatable bonds is 4. The lowest BCUT2D eigenvalue weighted by atomic mass is 9.96. The van der Waals surface area contributed by atoms with E-state index in [0.29, 0.717) is 6.04 Å². The maximum absolute atomic E-state index is 12.1. The van der Waals surface area contributed by atoms with Crippen LogP contribution in [0.5, 0.6) is 0 Å². The quantitative estimate of drug-likeness (QED) is 0.708. The molecule has 0 saturated heterocycles. The third kappa shape index (κ3) is 5.21. The molecule has 1 N–H and O–H groups in total. The lowest BCUT2D eigenvalue weighted by Crippen LogP contribution is -2.34. The van der Waals surface area contributed by atoms with Crippen molar-refractivity contribution in [3.63, 3.8) is 0 Å². The summed E-state index contributed by atoms with van der Waals surface area (Å²) in [4.78, 5) is 0. The molecule has 1 saturated carbocycles. The minimum Gasteiger partial charge on any atom is -0.313 e. The maximum Gasteiger partial charge on any atom is 0.303 e. The highest BCUT2D eigenvalue weighted by molar-refractivity contribution is 7.86. The molecular weight excluding hydrogens is 193 g/mol. The Morgan fingerprint density at radius 1 is 1.23 bits per heavy atom. The molecule has 0 aromatic heterocycles. The zero-order chi connectivity index (χ0) is 9.73. The summed E-state index contributed by atoms with van der Waals surface area (Å²) in [6.45, 7) is 0.240. The lowest BCUT2D eigenvalue weighted by Gasteiger charge is -2.22. The molecule has 3 nitrogen and oxygen atoms in total. The van der Waals surface area contributed by atoms with Gasteiger partial charge in [0.1, 0.15) is 0 Å². The first-order valence-corrected chi connectivity index (χ1v) is 6.29. The molecule has 0 spiro atoms. The Balaban J connectivity index is 2.11. The summed E-state index contributed by atoms with van der Waals surface area (Å²) >= 11 is 0. The van der Waals surface area contributed by atoms with Gasteiger partial charge in [-0.25, -0.2) is 0 Å². The van der Waals surface area contributed by atoms with Crippen LogP contribution >= 0.6 is 0 Å². The molecule has 0 unspecified atom stereocenters. The van der Waals surface area contributed by atoms with Gasteiger partial charge in [0.25, 0.3) is 0 Å². The largest absolute Gasteiger partial charge is 0.313 e. The second-order valence-electron chi connectivity index (χ2n) is 3.53. The molecule has 0 radical (unpaired) electrons. The van der Waals surface area contributed by atoms with E-state index in [0.717, 1.165) is 12.8 Å². The zero-order valence-corrected chi connectivity index (χ0v) is 8.45. The van der Waals surface area contributed by atoms with E-state index in [4.69, 9.17) is 0 Å². The van der Waals surface area contributed by atoms with E-state index in [2.05, 4.69) is 5.32 Å². The fourth-order valence-electron chi connectivity index (χ4n) is 1.69. The molecule has 0 bridgehead atoms. The van der Waals surface area contributed by atoms with E-state index in [1.807, 2.05) is 0 Å². The van der Waals surface area contributed by atoms with Crippen LogP contribution in [-0.4, -0.2) is 26.8 Å². The van der Waals surface area contributed by atoms with E-state index in [9.17, 15) is 12.3 Å². The van der Waals surface area contributed by atoms with Gasteiger partial charge in [-0.3, -0.25) is 0 Å². The molecule has 0 atom stereocenters. The van der Waals surface area contributed by atoms with Gasteiger partial charge in [0.15, 0.2) is 0 Å². The monoisotopic (exact) mass is 209 g/mol. The van der Waals surface area contributed by atoms with Gasteiger partial charge in [-0.1, -0.05) is 19.3 Å². The average Bonchev–Trinajstić information content (AvgIpc) is 2.04. The van der Waals surface area contributed by atoms with E-state index in [-0.39, 0.29) is 6.54 Å². The second kappa shape index (κ2) is 4.91. The summed E-state index contributed by atoms with van der Waals surface area (Å²) in [7, 11) is -4.29. The van der Waals surface area contributed by atoms with Gasteiger partial charge in [-0.15, -0.1) is 3.89 Å². The van der Waals surface area contributed by atoms with Crippen molar-refractivity contribution in [1.82, 2.24) is 5.32 Å². The lowest BCUT2D eigenvalue weighted by molar-refractivity contribution is 0.379. The Bertz CT molecular complexity index is 235. The molecule has 1 rings (SSSR count). The average molecular weight is 209 g/mol. The van der Waals surface area contributed by atoms with Crippen LogP contribution in [0.4, 0.5) is 3.89 Å². The van der Waals surface area contributed by atoms with Crippen molar-refractivity contribution in [2.45, 2.75) is 38.1 Å². The second-order valence-corrected chi connectivity index (χ2v) is 5.02. The van der Waals surface area contributed by atoms with Gasteiger partial charge in [-0.05, 0) is 12.8 Å². The number of hydrogen-bond donors (Lipinski definition) is 1. The van der Waals surface area contributed by atoms with E-state index < -0.39 is 16.0 Å². The Morgan fingerprint density at radius 3 is 2.38 bits per heavy atom. The first-order valence-electron chi connectivity index (χ1n) is 4.74. The summed E-state index contributed by atoms with van der Waals surface area (Å²) in [5.74, 6) is -0.399. The predicted octanol–water partition coefficient (Wildman–Crippen LogP) is 1.21. The van der Waals surface area contributed by atoms with Gasteiger partial charge in [0.05, 0.1) is 5.75 Å². The van der Waals surface area contributed by atoms with E-state index in [1.165, 1.54) is 19.3 Å². The van der Waals surface area contributed by atoms with Crippen LogP contribution in [0.15, 0.2) is 0 Å². The molecule has 0 aromatic rings. The summed E-state index contributed by atoms with van der Waals surface area (Å²) in [6, 6.07) is 0.399.